The Morgan fingerprint density at radius 2 is 2.10 bits per heavy atom. The van der Waals surface area contributed by atoms with Gasteiger partial charge >= 0.3 is 5.97 Å². The molecular weight excluding hydrogens is 132 g/mol. The van der Waals surface area contributed by atoms with Gasteiger partial charge in [-0.25, -0.2) is 0 Å². The standard InChI is InChI=1S/C7H14O3/c1-3-4-6(5(2)8)7(9)10/h5-6,8H,3-4H2,1-2H3,(H,9,10)/t5-,6?/m0/s1. The average Bonchev–Trinajstić information content (AvgIpc) is 1.81. The Morgan fingerprint density at radius 3 is 2.20 bits per heavy atom. The number of carboxylic acids is 1. The van der Waals surface area contributed by atoms with Gasteiger partial charge in [0.25, 0.3) is 0 Å². The highest BCUT2D eigenvalue weighted by Gasteiger charge is 2.21. The van der Waals surface area contributed by atoms with E-state index in [1.54, 1.807) is 0 Å². The van der Waals surface area contributed by atoms with E-state index in [1.807, 2.05) is 6.92 Å². The second-order valence-corrected chi connectivity index (χ2v) is 2.47. The molecule has 2 N–H and O–H groups in total. The van der Waals surface area contributed by atoms with Gasteiger partial charge in [0.05, 0.1) is 12.0 Å². The van der Waals surface area contributed by atoms with Crippen molar-refractivity contribution in [1.82, 2.24) is 0 Å². The molecule has 0 spiro atoms. The zero-order chi connectivity index (χ0) is 8.15. The highest BCUT2D eigenvalue weighted by molar-refractivity contribution is 5.70. The minimum atomic E-state index is -0.906. The van der Waals surface area contributed by atoms with Crippen LogP contribution >= 0.6 is 0 Å². The molecular formula is C7H14O3. The Bertz CT molecular complexity index is 109. The number of rotatable bonds is 4. The fraction of sp³-hybridized carbons (Fsp3) is 0.857. The fourth-order valence-corrected chi connectivity index (χ4v) is 0.882. The van der Waals surface area contributed by atoms with Crippen molar-refractivity contribution in [3.05, 3.63) is 0 Å². The molecule has 3 nitrogen and oxygen atoms in total. The van der Waals surface area contributed by atoms with Gasteiger partial charge in [0.2, 0.25) is 0 Å². The van der Waals surface area contributed by atoms with Gasteiger partial charge < -0.3 is 10.2 Å². The van der Waals surface area contributed by atoms with Crippen LogP contribution in [0.3, 0.4) is 0 Å². The predicted molar refractivity (Wildman–Crippen MR) is 37.7 cm³/mol. The summed E-state index contributed by atoms with van der Waals surface area (Å²) in [6.45, 7) is 3.41. The van der Waals surface area contributed by atoms with Gasteiger partial charge in [0.15, 0.2) is 0 Å². The summed E-state index contributed by atoms with van der Waals surface area (Å²) in [7, 11) is 0. The minimum Gasteiger partial charge on any atom is -0.481 e. The second-order valence-electron chi connectivity index (χ2n) is 2.47. The largest absolute Gasteiger partial charge is 0.481 e. The summed E-state index contributed by atoms with van der Waals surface area (Å²) >= 11 is 0. The first kappa shape index (κ1) is 9.43. The molecule has 0 aromatic heterocycles. The first-order valence-electron chi connectivity index (χ1n) is 3.50. The molecule has 0 aliphatic heterocycles. The van der Waals surface area contributed by atoms with E-state index < -0.39 is 18.0 Å². The molecule has 0 fully saturated rings. The lowest BCUT2D eigenvalue weighted by molar-refractivity contribution is -0.145. The maximum Gasteiger partial charge on any atom is 0.309 e. The van der Waals surface area contributed by atoms with Gasteiger partial charge in [-0.15, -0.1) is 0 Å². The van der Waals surface area contributed by atoms with Gasteiger partial charge in [-0.3, -0.25) is 4.79 Å². The third-order valence-corrected chi connectivity index (χ3v) is 1.50. The van der Waals surface area contributed by atoms with Crippen molar-refractivity contribution in [3.63, 3.8) is 0 Å². The summed E-state index contributed by atoms with van der Waals surface area (Å²) in [4.78, 5) is 10.4. The monoisotopic (exact) mass is 146 g/mol. The smallest absolute Gasteiger partial charge is 0.309 e. The number of aliphatic hydroxyl groups excluding tert-OH is 1. The van der Waals surface area contributed by atoms with Crippen LogP contribution in [-0.2, 0) is 4.79 Å². The third kappa shape index (κ3) is 2.82. The molecule has 0 heterocycles. The number of hydrogen-bond donors (Lipinski definition) is 2. The Labute approximate surface area is 60.7 Å². The third-order valence-electron chi connectivity index (χ3n) is 1.50. The molecule has 0 bridgehead atoms. The van der Waals surface area contributed by atoms with Crippen molar-refractivity contribution in [3.8, 4) is 0 Å². The molecule has 0 aliphatic rings. The van der Waals surface area contributed by atoms with Crippen LogP contribution in [-0.4, -0.2) is 22.3 Å². The van der Waals surface area contributed by atoms with Crippen molar-refractivity contribution in [1.29, 1.82) is 0 Å². The lowest BCUT2D eigenvalue weighted by Crippen LogP contribution is -2.25. The van der Waals surface area contributed by atoms with Crippen molar-refractivity contribution < 1.29 is 15.0 Å². The molecule has 0 radical (unpaired) electrons. The molecule has 10 heavy (non-hydrogen) atoms. The highest BCUT2D eigenvalue weighted by Crippen LogP contribution is 2.10. The van der Waals surface area contributed by atoms with Crippen LogP contribution in [0, 0.1) is 5.92 Å². The lowest BCUT2D eigenvalue weighted by Gasteiger charge is -2.12. The summed E-state index contributed by atoms with van der Waals surface area (Å²) in [5.74, 6) is -1.50. The minimum absolute atomic E-state index is 0.549. The van der Waals surface area contributed by atoms with Crippen LogP contribution in [0.5, 0.6) is 0 Å². The number of hydrogen-bond acceptors (Lipinski definition) is 2. The molecule has 60 valence electrons. The van der Waals surface area contributed by atoms with E-state index >= 15 is 0 Å². The lowest BCUT2D eigenvalue weighted by atomic mass is 9.99. The molecule has 0 rings (SSSR count). The number of carbonyl (C=O) groups is 1. The van der Waals surface area contributed by atoms with Crippen LogP contribution in [0.25, 0.3) is 0 Å². The summed E-state index contributed by atoms with van der Waals surface area (Å²) < 4.78 is 0. The summed E-state index contributed by atoms with van der Waals surface area (Å²) in [6, 6.07) is 0. The second kappa shape index (κ2) is 4.28. The molecule has 1 unspecified atom stereocenters. The molecule has 0 aromatic rings. The van der Waals surface area contributed by atoms with Crippen LogP contribution in [0.15, 0.2) is 0 Å². The molecule has 0 saturated carbocycles. The van der Waals surface area contributed by atoms with E-state index in [-0.39, 0.29) is 0 Å². The van der Waals surface area contributed by atoms with E-state index in [0.29, 0.717) is 6.42 Å². The zero-order valence-electron chi connectivity index (χ0n) is 6.37. The Balaban J connectivity index is 3.85. The van der Waals surface area contributed by atoms with Crippen molar-refractivity contribution >= 4 is 5.97 Å². The molecule has 3 heteroatoms. The molecule has 0 amide bonds. The normalized spacial score (nSPS) is 16.3. The van der Waals surface area contributed by atoms with Gasteiger partial charge in [0.1, 0.15) is 0 Å². The van der Waals surface area contributed by atoms with E-state index in [1.165, 1.54) is 6.92 Å². The van der Waals surface area contributed by atoms with Crippen LogP contribution in [0.1, 0.15) is 26.7 Å². The highest BCUT2D eigenvalue weighted by atomic mass is 16.4. The maximum atomic E-state index is 10.4. The maximum absolute atomic E-state index is 10.4. The van der Waals surface area contributed by atoms with E-state index in [2.05, 4.69) is 0 Å². The van der Waals surface area contributed by atoms with E-state index in [4.69, 9.17) is 10.2 Å². The topological polar surface area (TPSA) is 57.5 Å². The molecule has 2 atom stereocenters. The number of carboxylic acid groups (broad SMARTS) is 1. The van der Waals surface area contributed by atoms with Crippen molar-refractivity contribution in [2.24, 2.45) is 5.92 Å². The Morgan fingerprint density at radius 1 is 1.60 bits per heavy atom. The van der Waals surface area contributed by atoms with Gasteiger partial charge in [-0.1, -0.05) is 13.3 Å². The van der Waals surface area contributed by atoms with Gasteiger partial charge in [0, 0.05) is 0 Å². The van der Waals surface area contributed by atoms with Crippen LogP contribution in [0.4, 0.5) is 0 Å². The van der Waals surface area contributed by atoms with Gasteiger partial charge in [-0.05, 0) is 13.3 Å². The SMILES string of the molecule is CCCC(C(=O)O)[C@H](C)O. The molecule has 0 aromatic carbocycles. The van der Waals surface area contributed by atoms with Crippen LogP contribution < -0.4 is 0 Å². The zero-order valence-corrected chi connectivity index (χ0v) is 6.37. The summed E-state index contributed by atoms with van der Waals surface area (Å²) in [5.41, 5.74) is 0. The van der Waals surface area contributed by atoms with Crippen molar-refractivity contribution in [2.75, 3.05) is 0 Å². The van der Waals surface area contributed by atoms with Crippen molar-refractivity contribution in [2.45, 2.75) is 32.8 Å². The molecule has 0 aliphatic carbocycles. The number of aliphatic carboxylic acids is 1. The first-order chi connectivity index (χ1) is 4.59. The fourth-order valence-electron chi connectivity index (χ4n) is 0.882. The van der Waals surface area contributed by atoms with E-state index in [0.717, 1.165) is 6.42 Å². The number of aliphatic hydroxyl groups is 1. The predicted octanol–water partition coefficient (Wildman–Crippen LogP) is 0.868. The first-order valence-corrected chi connectivity index (χ1v) is 3.50. The summed E-state index contributed by atoms with van der Waals surface area (Å²) in [5, 5.41) is 17.4. The molecule has 0 saturated heterocycles. The summed E-state index contributed by atoms with van der Waals surface area (Å²) in [6.07, 6.45) is 0.604. The van der Waals surface area contributed by atoms with E-state index in [9.17, 15) is 4.79 Å². The van der Waals surface area contributed by atoms with Gasteiger partial charge in [-0.2, -0.15) is 0 Å². The quantitative estimate of drug-likeness (QED) is 0.618. The van der Waals surface area contributed by atoms with Crippen LogP contribution in [0.2, 0.25) is 0 Å². The Kier molecular flexibility index (Phi) is 4.03. The average molecular weight is 146 g/mol. The Hall–Kier alpha value is -0.570.